The standard InChI is InChI=1S/C27H33N3O5/c31-16-24-27-22(14-20(34-24)15-26(33)29-18-4-2-1-3-5-18)21-13-19(6-7-23(21)35-27)30-25(32)12-17-8-10-28-11-9-17/h6-11,13,18,20,22,24,27,31H,1-5,12,14-16H2,(H,29,33)(H,30,32)/t20-,22-,24+,27+/m0/s1. The Morgan fingerprint density at radius 1 is 1.06 bits per heavy atom. The van der Waals surface area contributed by atoms with Gasteiger partial charge in [-0.1, -0.05) is 19.3 Å². The van der Waals surface area contributed by atoms with Crippen molar-refractivity contribution in [1.29, 1.82) is 0 Å². The van der Waals surface area contributed by atoms with Crippen LogP contribution in [0.5, 0.6) is 5.75 Å². The van der Waals surface area contributed by atoms with Crippen LogP contribution in [-0.4, -0.2) is 52.9 Å². The fraction of sp³-hybridized carbons (Fsp3) is 0.519. The van der Waals surface area contributed by atoms with E-state index in [0.29, 0.717) is 12.1 Å². The molecular weight excluding hydrogens is 446 g/mol. The second-order valence-corrected chi connectivity index (χ2v) is 9.84. The molecule has 1 aliphatic carbocycles. The van der Waals surface area contributed by atoms with Crippen LogP contribution in [-0.2, 0) is 20.7 Å². The van der Waals surface area contributed by atoms with E-state index < -0.39 is 6.10 Å². The highest BCUT2D eigenvalue weighted by Gasteiger charge is 2.46. The molecule has 1 saturated heterocycles. The molecule has 5 rings (SSSR count). The van der Waals surface area contributed by atoms with Crippen LogP contribution in [0.3, 0.4) is 0 Å². The maximum atomic E-state index is 12.7. The van der Waals surface area contributed by atoms with Gasteiger partial charge in [0, 0.05) is 35.6 Å². The van der Waals surface area contributed by atoms with Crippen LogP contribution in [0.4, 0.5) is 5.69 Å². The first kappa shape index (κ1) is 23.8. The van der Waals surface area contributed by atoms with E-state index in [0.717, 1.165) is 42.6 Å². The predicted molar refractivity (Wildman–Crippen MR) is 130 cm³/mol. The number of carbonyl (C=O) groups excluding carboxylic acids is 2. The summed E-state index contributed by atoms with van der Waals surface area (Å²) < 4.78 is 12.2. The lowest BCUT2D eigenvalue weighted by Crippen LogP contribution is -2.48. The Balaban J connectivity index is 1.24. The van der Waals surface area contributed by atoms with Crippen molar-refractivity contribution in [2.75, 3.05) is 11.9 Å². The number of carbonyl (C=O) groups is 2. The van der Waals surface area contributed by atoms with E-state index in [1.165, 1.54) is 6.42 Å². The van der Waals surface area contributed by atoms with Gasteiger partial charge in [0.05, 0.1) is 25.6 Å². The number of amides is 2. The average molecular weight is 480 g/mol. The van der Waals surface area contributed by atoms with Gasteiger partial charge in [0.15, 0.2) is 0 Å². The third kappa shape index (κ3) is 5.65. The molecule has 2 amide bonds. The smallest absolute Gasteiger partial charge is 0.228 e. The molecule has 2 fully saturated rings. The Hall–Kier alpha value is -2.97. The molecule has 1 aromatic carbocycles. The number of ether oxygens (including phenoxy) is 2. The topological polar surface area (TPSA) is 110 Å². The van der Waals surface area contributed by atoms with Crippen LogP contribution in [0.1, 0.15) is 62.0 Å². The van der Waals surface area contributed by atoms with Gasteiger partial charge >= 0.3 is 0 Å². The number of aliphatic hydroxyl groups excluding tert-OH is 1. The number of hydrogen-bond donors (Lipinski definition) is 3. The number of fused-ring (bicyclic) bond motifs is 3. The summed E-state index contributed by atoms with van der Waals surface area (Å²) in [6.45, 7) is -0.175. The Bertz CT molecular complexity index is 1040. The average Bonchev–Trinajstić information content (AvgIpc) is 3.22. The summed E-state index contributed by atoms with van der Waals surface area (Å²) in [5, 5.41) is 16.1. The van der Waals surface area contributed by atoms with Gasteiger partial charge in [-0.3, -0.25) is 14.6 Å². The number of pyridine rings is 1. The van der Waals surface area contributed by atoms with Gasteiger partial charge in [-0.2, -0.15) is 0 Å². The van der Waals surface area contributed by atoms with E-state index in [-0.39, 0.29) is 55.4 Å². The molecular formula is C27H33N3O5. The maximum Gasteiger partial charge on any atom is 0.228 e. The quantitative estimate of drug-likeness (QED) is 0.563. The van der Waals surface area contributed by atoms with Crippen LogP contribution < -0.4 is 15.4 Å². The SMILES string of the molecule is O=C(Cc1ccncc1)Nc1ccc2c(c1)[C@@H]1C[C@@H](CC(=O)NC3CCCCC3)O[C@H](CO)[C@@H]1O2. The zero-order chi connectivity index (χ0) is 24.2. The van der Waals surface area contributed by atoms with Crippen LogP contribution in [0.15, 0.2) is 42.7 Å². The molecule has 3 aliphatic rings. The fourth-order valence-corrected chi connectivity index (χ4v) is 5.60. The van der Waals surface area contributed by atoms with E-state index in [2.05, 4.69) is 15.6 Å². The normalized spacial score (nSPS) is 25.7. The van der Waals surface area contributed by atoms with Crippen molar-refractivity contribution >= 4 is 17.5 Å². The molecule has 8 heteroatoms. The lowest BCUT2D eigenvalue weighted by Gasteiger charge is -2.37. The minimum Gasteiger partial charge on any atom is -0.487 e. The van der Waals surface area contributed by atoms with Crippen LogP contribution in [0.2, 0.25) is 0 Å². The van der Waals surface area contributed by atoms with Crippen molar-refractivity contribution in [1.82, 2.24) is 10.3 Å². The highest BCUT2D eigenvalue weighted by molar-refractivity contribution is 5.92. The molecule has 8 nitrogen and oxygen atoms in total. The van der Waals surface area contributed by atoms with Gasteiger partial charge in [-0.15, -0.1) is 0 Å². The third-order valence-corrected chi connectivity index (χ3v) is 7.28. The van der Waals surface area contributed by atoms with Gasteiger partial charge in [0.2, 0.25) is 11.8 Å². The number of hydrogen-bond acceptors (Lipinski definition) is 6. The van der Waals surface area contributed by atoms with Crippen molar-refractivity contribution in [2.45, 2.75) is 81.6 Å². The number of nitrogens with one attached hydrogen (secondary N) is 2. The first-order valence-corrected chi connectivity index (χ1v) is 12.6. The first-order valence-electron chi connectivity index (χ1n) is 12.6. The Kier molecular flexibility index (Phi) is 7.29. The minimum atomic E-state index is -0.502. The summed E-state index contributed by atoms with van der Waals surface area (Å²) >= 11 is 0. The molecule has 3 N–H and O–H groups in total. The number of nitrogens with zero attached hydrogens (tertiary/aromatic N) is 1. The Labute approximate surface area is 205 Å². The predicted octanol–water partition coefficient (Wildman–Crippen LogP) is 3.10. The molecule has 3 heterocycles. The lowest BCUT2D eigenvalue weighted by molar-refractivity contribution is -0.142. The molecule has 2 aliphatic heterocycles. The van der Waals surface area contributed by atoms with Crippen molar-refractivity contribution in [2.24, 2.45) is 0 Å². The number of anilines is 1. The van der Waals surface area contributed by atoms with Crippen LogP contribution >= 0.6 is 0 Å². The molecule has 1 saturated carbocycles. The second-order valence-electron chi connectivity index (χ2n) is 9.84. The van der Waals surface area contributed by atoms with E-state index >= 15 is 0 Å². The number of rotatable bonds is 7. The molecule has 186 valence electrons. The van der Waals surface area contributed by atoms with Crippen LogP contribution in [0.25, 0.3) is 0 Å². The Morgan fingerprint density at radius 2 is 1.86 bits per heavy atom. The highest BCUT2D eigenvalue weighted by Crippen LogP contribution is 2.47. The van der Waals surface area contributed by atoms with Crippen molar-refractivity contribution in [3.05, 3.63) is 53.9 Å². The molecule has 35 heavy (non-hydrogen) atoms. The number of benzene rings is 1. The fourth-order valence-electron chi connectivity index (χ4n) is 5.60. The summed E-state index contributed by atoms with van der Waals surface area (Å²) in [6.07, 6.45) is 9.04. The Morgan fingerprint density at radius 3 is 2.63 bits per heavy atom. The molecule has 0 spiro atoms. The maximum absolute atomic E-state index is 12.7. The molecule has 2 aromatic rings. The van der Waals surface area contributed by atoms with Gasteiger partial charge in [-0.05, 0) is 55.2 Å². The largest absolute Gasteiger partial charge is 0.487 e. The van der Waals surface area contributed by atoms with Crippen molar-refractivity contribution < 1.29 is 24.2 Å². The summed E-state index contributed by atoms with van der Waals surface area (Å²) in [4.78, 5) is 29.2. The van der Waals surface area contributed by atoms with Gasteiger partial charge in [0.1, 0.15) is 18.0 Å². The summed E-state index contributed by atoms with van der Waals surface area (Å²) in [5.41, 5.74) is 2.58. The zero-order valence-electron chi connectivity index (χ0n) is 19.8. The third-order valence-electron chi connectivity index (χ3n) is 7.28. The molecule has 4 atom stereocenters. The summed E-state index contributed by atoms with van der Waals surface area (Å²) in [6, 6.07) is 9.53. The number of aliphatic hydroxyl groups is 1. The highest BCUT2D eigenvalue weighted by atomic mass is 16.6. The molecule has 0 bridgehead atoms. The van der Waals surface area contributed by atoms with Gasteiger partial charge in [-0.25, -0.2) is 0 Å². The zero-order valence-corrected chi connectivity index (χ0v) is 19.8. The van der Waals surface area contributed by atoms with Crippen molar-refractivity contribution in [3.8, 4) is 5.75 Å². The van der Waals surface area contributed by atoms with Crippen LogP contribution in [0, 0.1) is 0 Å². The molecule has 0 radical (unpaired) electrons. The van der Waals surface area contributed by atoms with E-state index in [1.54, 1.807) is 12.4 Å². The van der Waals surface area contributed by atoms with E-state index in [1.807, 2.05) is 30.3 Å². The van der Waals surface area contributed by atoms with Gasteiger partial charge in [0.25, 0.3) is 0 Å². The molecule has 1 aromatic heterocycles. The number of aromatic nitrogens is 1. The summed E-state index contributed by atoms with van der Waals surface area (Å²) in [5.74, 6) is 0.624. The van der Waals surface area contributed by atoms with E-state index in [9.17, 15) is 14.7 Å². The van der Waals surface area contributed by atoms with Gasteiger partial charge < -0.3 is 25.2 Å². The summed E-state index contributed by atoms with van der Waals surface area (Å²) in [7, 11) is 0. The monoisotopic (exact) mass is 479 g/mol. The first-order chi connectivity index (χ1) is 17.1. The molecule has 0 unspecified atom stereocenters. The van der Waals surface area contributed by atoms with Crippen molar-refractivity contribution in [3.63, 3.8) is 0 Å². The van der Waals surface area contributed by atoms with E-state index in [4.69, 9.17) is 9.47 Å². The lowest BCUT2D eigenvalue weighted by atomic mass is 9.84. The minimum absolute atomic E-state index is 0.00769. The second kappa shape index (κ2) is 10.7.